The van der Waals surface area contributed by atoms with Crippen LogP contribution >= 0.6 is 0 Å². The number of rotatable bonds is 24. The quantitative estimate of drug-likeness (QED) is 0.0434. The van der Waals surface area contributed by atoms with Crippen molar-refractivity contribution in [3.05, 3.63) is 0 Å². The first kappa shape index (κ1) is 60.3. The van der Waals surface area contributed by atoms with Crippen LogP contribution in [0.4, 0.5) is 0 Å². The van der Waals surface area contributed by atoms with Gasteiger partial charge in [0.1, 0.15) is 0 Å². The Morgan fingerprint density at radius 3 is 1.45 bits per heavy atom. The largest absolute Gasteiger partial charge is 0.393 e. The molecule has 0 radical (unpaired) electrons. The van der Waals surface area contributed by atoms with E-state index < -0.39 is 24.4 Å². The molecule has 8 fully saturated rings. The maximum absolute atomic E-state index is 13.6. The molecule has 8 aliphatic rings. The molecule has 0 aromatic carbocycles. The number of amides is 3. The van der Waals surface area contributed by atoms with Crippen molar-refractivity contribution in [2.45, 2.75) is 265 Å². The van der Waals surface area contributed by atoms with Crippen LogP contribution in [0.3, 0.4) is 0 Å². The van der Waals surface area contributed by atoms with Crippen LogP contribution in [0.5, 0.6) is 0 Å². The highest BCUT2D eigenvalue weighted by Crippen LogP contribution is 2.70. The van der Waals surface area contributed by atoms with Crippen molar-refractivity contribution in [2.24, 2.45) is 92.7 Å². The van der Waals surface area contributed by atoms with E-state index in [9.17, 15) is 45.0 Å². The van der Waals surface area contributed by atoms with Gasteiger partial charge in [-0.2, -0.15) is 0 Å². The van der Waals surface area contributed by atoms with Crippen molar-refractivity contribution >= 4 is 17.7 Å². The summed E-state index contributed by atoms with van der Waals surface area (Å²) in [5, 5.41) is 74.8. The standard InChI is InChI=1S/C64H111N3O9/c1-8-9-10-11-12-13-17-58(76)67(33-16-31-66-57(75)25-19-41(3)47-21-23-49-60-51(39-55(73)64(47,49)7)62(5)29-27-45(69)35-43(62)37-53(60)71)32-15-14-30-65-56(74)24-18-40(2)46-20-22-48-59-50(38-54(72)63(46,48)6)61(4)28-26-44(68)34-42(61)36-52(59)70/h40-55,59-60,68-73H,8-39H2,1-7H3,(H,65,74)(H,66,75)/t40-,41-,42?,43?,44?,45?,46?,47?,48?,49?,50?,51?,52?,53?,54?,55?,59?,60?,61?,62?,63?,64?/m1/s1. The van der Waals surface area contributed by atoms with Gasteiger partial charge in [-0.1, -0.05) is 80.6 Å². The molecule has 0 heterocycles. The van der Waals surface area contributed by atoms with E-state index in [4.69, 9.17) is 0 Å². The molecule has 8 aliphatic carbocycles. The fraction of sp³-hybridized carbons (Fsp3) is 0.953. The summed E-state index contributed by atoms with van der Waals surface area (Å²) in [4.78, 5) is 42.2. The molecule has 0 aromatic rings. The molecular weight excluding hydrogens is 955 g/mol. The molecular formula is C64H111N3O9. The van der Waals surface area contributed by atoms with Crippen molar-refractivity contribution in [2.75, 3.05) is 26.2 Å². The van der Waals surface area contributed by atoms with Crippen molar-refractivity contribution in [1.82, 2.24) is 15.5 Å². The lowest BCUT2D eigenvalue weighted by Gasteiger charge is -2.63. The van der Waals surface area contributed by atoms with E-state index in [2.05, 4.69) is 59.1 Å². The molecule has 0 aliphatic heterocycles. The molecule has 0 aromatic heterocycles. The maximum Gasteiger partial charge on any atom is 0.222 e. The Bertz CT molecular complexity index is 1920. The summed E-state index contributed by atoms with van der Waals surface area (Å²) in [6, 6.07) is 0. The summed E-state index contributed by atoms with van der Waals surface area (Å²) in [6.45, 7) is 18.3. The van der Waals surface area contributed by atoms with Gasteiger partial charge in [-0.05, 0) is 221 Å². The zero-order valence-electron chi connectivity index (χ0n) is 48.9. The monoisotopic (exact) mass is 1070 g/mol. The lowest BCUT2D eigenvalue weighted by atomic mass is 9.43. The minimum absolute atomic E-state index is 0.0344. The van der Waals surface area contributed by atoms with Crippen LogP contribution in [0.15, 0.2) is 0 Å². The number of nitrogens with zero attached hydrogens (tertiary/aromatic N) is 1. The minimum atomic E-state index is -0.440. The number of fused-ring (bicyclic) bond motifs is 10. The summed E-state index contributed by atoms with van der Waals surface area (Å²) in [7, 11) is 0. The summed E-state index contributed by atoms with van der Waals surface area (Å²) < 4.78 is 0. The predicted octanol–water partition coefficient (Wildman–Crippen LogP) is 9.72. The Labute approximate surface area is 460 Å². The first-order valence-electron chi connectivity index (χ1n) is 32.1. The number of aliphatic hydroxyl groups excluding tert-OH is 6. The highest BCUT2D eigenvalue weighted by molar-refractivity contribution is 5.77. The maximum atomic E-state index is 13.6. The second kappa shape index (κ2) is 25.5. The van der Waals surface area contributed by atoms with Gasteiger partial charge < -0.3 is 46.2 Å². The Balaban J connectivity index is 0.749. The second-order valence-electron chi connectivity index (χ2n) is 28.7. The average Bonchev–Trinajstić information content (AvgIpc) is 3.94. The Morgan fingerprint density at radius 1 is 0.513 bits per heavy atom. The average molecular weight is 1070 g/mol. The van der Waals surface area contributed by atoms with Crippen molar-refractivity contribution in [1.29, 1.82) is 0 Å². The van der Waals surface area contributed by atoms with Crippen LogP contribution in [0.1, 0.15) is 228 Å². The predicted molar refractivity (Wildman–Crippen MR) is 299 cm³/mol. The molecule has 12 nitrogen and oxygen atoms in total. The molecule has 8 rings (SSSR count). The molecule has 0 saturated heterocycles. The summed E-state index contributed by atoms with van der Waals surface area (Å²) in [5.74, 6) is 3.41. The Kier molecular flexibility index (Phi) is 20.2. The molecule has 76 heavy (non-hydrogen) atoms. The van der Waals surface area contributed by atoms with E-state index in [-0.39, 0.29) is 105 Å². The van der Waals surface area contributed by atoms with Crippen LogP contribution < -0.4 is 10.6 Å². The molecule has 0 spiro atoms. The summed E-state index contributed by atoms with van der Waals surface area (Å²) >= 11 is 0. The third kappa shape index (κ3) is 12.2. The number of hydrogen-bond acceptors (Lipinski definition) is 9. The van der Waals surface area contributed by atoms with Gasteiger partial charge in [-0.3, -0.25) is 14.4 Å². The Hall–Kier alpha value is -1.83. The van der Waals surface area contributed by atoms with E-state index >= 15 is 0 Å². The highest BCUT2D eigenvalue weighted by Gasteiger charge is 2.67. The van der Waals surface area contributed by atoms with Gasteiger partial charge in [0, 0.05) is 45.4 Å². The molecule has 0 bridgehead atoms. The zero-order valence-corrected chi connectivity index (χ0v) is 48.9. The van der Waals surface area contributed by atoms with Gasteiger partial charge in [-0.25, -0.2) is 0 Å². The van der Waals surface area contributed by atoms with Gasteiger partial charge in [-0.15, -0.1) is 0 Å². The van der Waals surface area contributed by atoms with Crippen molar-refractivity contribution in [3.63, 3.8) is 0 Å². The normalized spacial score (nSPS) is 43.3. The van der Waals surface area contributed by atoms with Crippen LogP contribution in [0.25, 0.3) is 0 Å². The van der Waals surface area contributed by atoms with Crippen LogP contribution in [-0.4, -0.2) is 116 Å². The smallest absolute Gasteiger partial charge is 0.222 e. The fourth-order valence-electron chi connectivity index (χ4n) is 20.3. The van der Waals surface area contributed by atoms with Gasteiger partial charge in [0.15, 0.2) is 0 Å². The SMILES string of the molecule is CCCCCCCCC(=O)N(CCCCNC(=O)CC[C@@H](C)C1CCC2C3C(O)CC4CC(O)CCC4(C)C3CC(O)C21C)CCCNC(=O)CC[C@@H](C)C1CCC2C3C(O)CC4CC(O)CCC4(C)C3CC(O)C21C. The van der Waals surface area contributed by atoms with E-state index in [1.54, 1.807) is 0 Å². The lowest BCUT2D eigenvalue weighted by Crippen LogP contribution is -2.62. The molecule has 22 atom stereocenters. The van der Waals surface area contributed by atoms with Gasteiger partial charge in [0.05, 0.1) is 36.6 Å². The third-order valence-electron chi connectivity index (χ3n) is 24.9. The molecule has 12 heteroatoms. The number of carbonyl (C=O) groups excluding carboxylic acids is 3. The highest BCUT2D eigenvalue weighted by atomic mass is 16.3. The fourth-order valence-corrected chi connectivity index (χ4v) is 20.3. The summed E-state index contributed by atoms with van der Waals surface area (Å²) in [6.07, 6.45) is 21.8. The molecule has 8 saturated carbocycles. The first-order chi connectivity index (χ1) is 36.2. The van der Waals surface area contributed by atoms with E-state index in [1.807, 2.05) is 4.90 Å². The number of nitrogens with one attached hydrogen (secondary N) is 2. The topological polar surface area (TPSA) is 200 Å². The Morgan fingerprint density at radius 2 is 0.961 bits per heavy atom. The minimum Gasteiger partial charge on any atom is -0.393 e. The molecule has 436 valence electrons. The zero-order chi connectivity index (χ0) is 54.7. The van der Waals surface area contributed by atoms with E-state index in [0.717, 1.165) is 128 Å². The number of unbranched alkanes of at least 4 members (excludes halogenated alkanes) is 6. The molecule has 20 unspecified atom stereocenters. The van der Waals surface area contributed by atoms with Crippen LogP contribution in [-0.2, 0) is 14.4 Å². The molecule has 8 N–H and O–H groups in total. The van der Waals surface area contributed by atoms with Crippen LogP contribution in [0, 0.1) is 92.7 Å². The second-order valence-corrected chi connectivity index (χ2v) is 28.7. The van der Waals surface area contributed by atoms with E-state index in [0.29, 0.717) is 76.0 Å². The van der Waals surface area contributed by atoms with Gasteiger partial charge in [0.2, 0.25) is 17.7 Å². The van der Waals surface area contributed by atoms with Gasteiger partial charge >= 0.3 is 0 Å². The number of carbonyl (C=O) groups is 3. The third-order valence-corrected chi connectivity index (χ3v) is 24.9. The van der Waals surface area contributed by atoms with Gasteiger partial charge in [0.25, 0.3) is 0 Å². The van der Waals surface area contributed by atoms with Crippen molar-refractivity contribution in [3.8, 4) is 0 Å². The summed E-state index contributed by atoms with van der Waals surface area (Å²) in [5.41, 5.74) is -0.472. The lowest BCUT2D eigenvalue weighted by molar-refractivity contribution is -0.207. The van der Waals surface area contributed by atoms with Crippen molar-refractivity contribution < 1.29 is 45.0 Å². The number of hydrogen-bond donors (Lipinski definition) is 8. The van der Waals surface area contributed by atoms with E-state index in [1.165, 1.54) is 19.3 Å². The van der Waals surface area contributed by atoms with Crippen LogP contribution in [0.2, 0.25) is 0 Å². The molecule has 3 amide bonds. The number of aliphatic hydroxyl groups is 6. The first-order valence-corrected chi connectivity index (χ1v) is 32.1.